The van der Waals surface area contributed by atoms with Gasteiger partial charge in [0.25, 0.3) is 12.1 Å². The molecule has 0 aliphatic carbocycles. The van der Waals surface area contributed by atoms with Crippen molar-refractivity contribution in [3.8, 4) is 0 Å². The summed E-state index contributed by atoms with van der Waals surface area (Å²) in [4.78, 5) is 0.0764. The number of rotatable bonds is 2. The largest absolute Gasteiger partial charge is 0.432 e. The molecule has 1 rings (SSSR count). The minimum Gasteiger partial charge on any atom is -0.398 e. The van der Waals surface area contributed by atoms with Crippen LogP contribution in [-0.2, 0) is 5.67 Å². The Hall–Kier alpha value is -1.05. The van der Waals surface area contributed by atoms with E-state index in [1.54, 1.807) is 0 Å². The van der Waals surface area contributed by atoms with Crippen LogP contribution >= 0.6 is 12.6 Å². The van der Waals surface area contributed by atoms with Gasteiger partial charge in [0.15, 0.2) is 0 Å². The molecule has 0 saturated heterocycles. The fraction of sp³-hybridized carbons (Fsp3) is 0.333. The Morgan fingerprint density at radius 1 is 1.12 bits per heavy atom. The number of halogens is 6. The molecule has 0 aliphatic heterocycles. The van der Waals surface area contributed by atoms with E-state index in [9.17, 15) is 26.3 Å². The molecular formula is C9H7F6NS. The fourth-order valence-corrected chi connectivity index (χ4v) is 1.33. The normalized spacial score (nSPS) is 16.0. The van der Waals surface area contributed by atoms with Crippen LogP contribution in [0.25, 0.3) is 0 Å². The van der Waals surface area contributed by atoms with E-state index in [1.165, 1.54) is 0 Å². The molecule has 96 valence electrons. The molecule has 1 atom stereocenters. The van der Waals surface area contributed by atoms with Crippen molar-refractivity contribution in [1.82, 2.24) is 0 Å². The Morgan fingerprint density at radius 3 is 2.00 bits per heavy atom. The van der Waals surface area contributed by atoms with Gasteiger partial charge in [-0.15, -0.1) is 12.6 Å². The molecule has 8 heteroatoms. The molecule has 0 aromatic heterocycles. The lowest BCUT2D eigenvalue weighted by Gasteiger charge is -2.27. The average molecular weight is 275 g/mol. The molecule has 1 nitrogen and oxygen atoms in total. The Balaban J connectivity index is 3.39. The number of benzene rings is 1. The zero-order valence-corrected chi connectivity index (χ0v) is 9.00. The third-order valence-electron chi connectivity index (χ3n) is 2.16. The highest BCUT2D eigenvalue weighted by Crippen LogP contribution is 2.47. The number of anilines is 1. The van der Waals surface area contributed by atoms with E-state index in [0.29, 0.717) is 12.1 Å². The summed E-state index contributed by atoms with van der Waals surface area (Å²) in [5, 5.41) is 0. The average Bonchev–Trinajstić information content (AvgIpc) is 2.19. The standard InChI is InChI=1S/C9H7F6NS/c10-7(11)8(12,9(13,14)15)4-1-2-6(17)5(16)3-4/h1-3,7,17H,16H2. The maximum Gasteiger partial charge on any atom is 0.432 e. The lowest BCUT2D eigenvalue weighted by molar-refractivity contribution is -0.274. The second kappa shape index (κ2) is 4.32. The Bertz CT molecular complexity index is 418. The topological polar surface area (TPSA) is 26.0 Å². The van der Waals surface area contributed by atoms with Crippen LogP contribution in [0.1, 0.15) is 5.56 Å². The summed E-state index contributed by atoms with van der Waals surface area (Å²) >= 11 is 3.75. The summed E-state index contributed by atoms with van der Waals surface area (Å²) in [6.45, 7) is 0. The number of nitrogen functional groups attached to an aromatic ring is 1. The van der Waals surface area contributed by atoms with E-state index in [4.69, 9.17) is 5.73 Å². The molecule has 1 aromatic carbocycles. The Morgan fingerprint density at radius 2 is 1.65 bits per heavy atom. The first-order chi connectivity index (χ1) is 7.60. The van der Waals surface area contributed by atoms with E-state index in [-0.39, 0.29) is 10.6 Å². The highest BCUT2D eigenvalue weighted by Gasteiger charge is 2.64. The minimum absolute atomic E-state index is 0.0764. The first-order valence-corrected chi connectivity index (χ1v) is 4.68. The van der Waals surface area contributed by atoms with E-state index < -0.39 is 23.8 Å². The predicted octanol–water partition coefficient (Wildman–Crippen LogP) is 3.55. The maximum absolute atomic E-state index is 13.5. The van der Waals surface area contributed by atoms with Crippen molar-refractivity contribution in [3.63, 3.8) is 0 Å². The SMILES string of the molecule is Nc1cc(C(F)(C(F)F)C(F)(F)F)ccc1S. The summed E-state index contributed by atoms with van der Waals surface area (Å²) < 4.78 is 75.3. The zero-order chi connectivity index (χ0) is 13.4. The second-order valence-electron chi connectivity index (χ2n) is 3.28. The summed E-state index contributed by atoms with van der Waals surface area (Å²) in [6, 6.07) is 2.01. The third-order valence-corrected chi connectivity index (χ3v) is 2.57. The predicted molar refractivity (Wildman–Crippen MR) is 53.0 cm³/mol. The molecule has 0 saturated carbocycles. The van der Waals surface area contributed by atoms with Crippen molar-refractivity contribution in [2.75, 3.05) is 5.73 Å². The van der Waals surface area contributed by atoms with Crippen LogP contribution in [-0.4, -0.2) is 12.6 Å². The van der Waals surface area contributed by atoms with Gasteiger partial charge in [-0.25, -0.2) is 13.2 Å². The number of hydrogen-bond acceptors (Lipinski definition) is 2. The van der Waals surface area contributed by atoms with Crippen LogP contribution in [0.3, 0.4) is 0 Å². The first kappa shape index (κ1) is 14.0. The van der Waals surface area contributed by atoms with Gasteiger partial charge in [0.05, 0.1) is 0 Å². The lowest BCUT2D eigenvalue weighted by Crippen LogP contribution is -2.44. The number of thiol groups is 1. The van der Waals surface area contributed by atoms with Gasteiger partial charge in [0.1, 0.15) is 0 Å². The number of nitrogens with two attached hydrogens (primary N) is 1. The Labute approximate surface area is 98.0 Å². The molecule has 0 bridgehead atoms. The second-order valence-corrected chi connectivity index (χ2v) is 3.77. The quantitative estimate of drug-likeness (QED) is 0.482. The Kier molecular flexibility index (Phi) is 3.56. The number of alkyl halides is 6. The fourth-order valence-electron chi connectivity index (χ4n) is 1.19. The number of hydrogen-bond donors (Lipinski definition) is 2. The van der Waals surface area contributed by atoms with Crippen molar-refractivity contribution >= 4 is 18.3 Å². The van der Waals surface area contributed by atoms with Crippen LogP contribution < -0.4 is 5.73 Å². The van der Waals surface area contributed by atoms with Crippen LogP contribution in [0.5, 0.6) is 0 Å². The van der Waals surface area contributed by atoms with Gasteiger partial charge >= 0.3 is 6.18 Å². The van der Waals surface area contributed by atoms with Gasteiger partial charge < -0.3 is 5.73 Å². The molecular weight excluding hydrogens is 268 g/mol. The minimum atomic E-state index is -5.73. The molecule has 0 heterocycles. The molecule has 0 fully saturated rings. The molecule has 0 radical (unpaired) electrons. The molecule has 2 N–H and O–H groups in total. The molecule has 0 aliphatic rings. The summed E-state index contributed by atoms with van der Waals surface area (Å²) in [5.74, 6) is 0. The highest BCUT2D eigenvalue weighted by atomic mass is 32.1. The zero-order valence-electron chi connectivity index (χ0n) is 8.10. The van der Waals surface area contributed by atoms with E-state index in [2.05, 4.69) is 12.6 Å². The lowest BCUT2D eigenvalue weighted by atomic mass is 9.95. The van der Waals surface area contributed by atoms with Crippen molar-refractivity contribution in [2.45, 2.75) is 23.2 Å². The summed E-state index contributed by atoms with van der Waals surface area (Å²) in [7, 11) is 0. The van der Waals surface area contributed by atoms with Gasteiger partial charge in [-0.05, 0) is 12.1 Å². The van der Waals surface area contributed by atoms with E-state index >= 15 is 0 Å². The van der Waals surface area contributed by atoms with E-state index in [0.717, 1.165) is 6.07 Å². The van der Waals surface area contributed by atoms with Gasteiger partial charge in [0.2, 0.25) is 0 Å². The molecule has 1 aromatic rings. The molecule has 0 spiro atoms. The smallest absolute Gasteiger partial charge is 0.398 e. The van der Waals surface area contributed by atoms with Crippen LogP contribution in [0.4, 0.5) is 32.0 Å². The third kappa shape index (κ3) is 2.31. The molecule has 1 unspecified atom stereocenters. The van der Waals surface area contributed by atoms with Crippen LogP contribution in [0, 0.1) is 0 Å². The maximum atomic E-state index is 13.5. The summed E-state index contributed by atoms with van der Waals surface area (Å²) in [5.41, 5.74) is -1.08. The van der Waals surface area contributed by atoms with Crippen molar-refractivity contribution in [2.24, 2.45) is 0 Å². The van der Waals surface area contributed by atoms with Gasteiger partial charge in [-0.2, -0.15) is 13.2 Å². The van der Waals surface area contributed by atoms with Crippen LogP contribution in [0.2, 0.25) is 0 Å². The van der Waals surface area contributed by atoms with Crippen molar-refractivity contribution < 1.29 is 26.3 Å². The molecule has 0 amide bonds. The molecule has 17 heavy (non-hydrogen) atoms. The van der Waals surface area contributed by atoms with Gasteiger partial charge in [0, 0.05) is 16.1 Å². The van der Waals surface area contributed by atoms with Crippen molar-refractivity contribution in [3.05, 3.63) is 23.8 Å². The highest BCUT2D eigenvalue weighted by molar-refractivity contribution is 7.80. The van der Waals surface area contributed by atoms with Gasteiger partial charge in [-0.3, -0.25) is 0 Å². The van der Waals surface area contributed by atoms with Crippen molar-refractivity contribution in [1.29, 1.82) is 0 Å². The van der Waals surface area contributed by atoms with E-state index in [1.807, 2.05) is 0 Å². The van der Waals surface area contributed by atoms with Crippen LogP contribution in [0.15, 0.2) is 23.1 Å². The van der Waals surface area contributed by atoms with Gasteiger partial charge in [-0.1, -0.05) is 6.07 Å². The monoisotopic (exact) mass is 275 g/mol. The first-order valence-electron chi connectivity index (χ1n) is 4.23. The summed E-state index contributed by atoms with van der Waals surface area (Å²) in [6.07, 6.45) is -9.97.